The minimum atomic E-state index is -1.47. The molecule has 5 rings (SSSR count). The molecule has 0 bridgehead atoms. The van der Waals surface area contributed by atoms with Crippen LogP contribution in [0.2, 0.25) is 0 Å². The van der Waals surface area contributed by atoms with Gasteiger partial charge in [0.25, 0.3) is 0 Å². The van der Waals surface area contributed by atoms with Gasteiger partial charge in [-0.15, -0.1) is 0 Å². The maximum Gasteiger partial charge on any atom is 0.407 e. The third-order valence-electron chi connectivity index (χ3n) is 10.6. The van der Waals surface area contributed by atoms with Gasteiger partial charge in [-0.1, -0.05) is 135 Å². The Morgan fingerprint density at radius 3 is 1.93 bits per heavy atom. The van der Waals surface area contributed by atoms with E-state index in [0.29, 0.717) is 19.4 Å². The van der Waals surface area contributed by atoms with Crippen molar-refractivity contribution >= 4 is 35.7 Å². The summed E-state index contributed by atoms with van der Waals surface area (Å²) in [7, 11) is 0. The molecule has 1 heterocycles. The van der Waals surface area contributed by atoms with Gasteiger partial charge < -0.3 is 36.1 Å². The molecule has 0 spiro atoms. The molecule has 5 amide bonds. The fraction of sp³-hybridized carbons (Fsp3) is 0.375. The summed E-state index contributed by atoms with van der Waals surface area (Å²) in [4.78, 5) is 81.1. The predicted octanol–water partition coefficient (Wildman–Crippen LogP) is 5.37. The number of carbonyl (C=O) groups is 6. The average Bonchev–Trinajstić information content (AvgIpc) is 3.67. The molecular weight excluding hydrogens is 775 g/mol. The standard InChI is InChI=1S/C48H57N5O8/c1-4-60-43(55)26-25-39(30-35-27-28-49-44(35)56)50-45(57)40(29-33(2)3)51-46(58)41(52-47(59)61-32-34-17-9-5-10-18-34)31-42(54)53-48(36-19-11-6-12-20-36,37-21-13-7-14-22-37)38-23-15-8-16-24-38/h5-17,19-26,33-35,39-41H,4,18,27-32H2,1-3H3,(H,49,56)(H,50,57)(H,51,58)(H,52,59)(H,53,54)/b26-25+/t34?,35-,39+,40-,41-/m0/s1. The summed E-state index contributed by atoms with van der Waals surface area (Å²) < 4.78 is 10.6. The van der Waals surface area contributed by atoms with Gasteiger partial charge in [-0.05, 0) is 55.2 Å². The lowest BCUT2D eigenvalue weighted by atomic mass is 9.77. The van der Waals surface area contributed by atoms with Crippen molar-refractivity contribution in [3.63, 3.8) is 0 Å². The number of hydrogen-bond donors (Lipinski definition) is 5. The Hall–Kier alpha value is -6.50. The van der Waals surface area contributed by atoms with Crippen LogP contribution >= 0.6 is 0 Å². The van der Waals surface area contributed by atoms with Crippen molar-refractivity contribution in [1.82, 2.24) is 26.6 Å². The van der Waals surface area contributed by atoms with Crippen molar-refractivity contribution in [3.8, 4) is 0 Å². The van der Waals surface area contributed by atoms with E-state index in [0.717, 1.165) is 16.7 Å². The Morgan fingerprint density at radius 1 is 0.803 bits per heavy atom. The highest BCUT2D eigenvalue weighted by molar-refractivity contribution is 5.95. The van der Waals surface area contributed by atoms with Crippen LogP contribution in [0.25, 0.3) is 0 Å². The van der Waals surface area contributed by atoms with E-state index in [2.05, 4.69) is 26.6 Å². The minimum absolute atomic E-state index is 0.0461. The summed E-state index contributed by atoms with van der Waals surface area (Å²) >= 11 is 0. The van der Waals surface area contributed by atoms with E-state index in [1.165, 1.54) is 12.2 Å². The molecule has 0 aromatic heterocycles. The molecule has 1 unspecified atom stereocenters. The van der Waals surface area contributed by atoms with E-state index >= 15 is 0 Å². The molecular formula is C48H57N5O8. The normalized spacial score (nSPS) is 17.5. The van der Waals surface area contributed by atoms with Gasteiger partial charge in [0, 0.05) is 30.5 Å². The van der Waals surface area contributed by atoms with Crippen molar-refractivity contribution in [2.75, 3.05) is 19.8 Å². The zero-order valence-electron chi connectivity index (χ0n) is 35.0. The van der Waals surface area contributed by atoms with Crippen molar-refractivity contribution in [2.45, 2.75) is 76.5 Å². The van der Waals surface area contributed by atoms with Gasteiger partial charge in [0.1, 0.15) is 17.6 Å². The highest BCUT2D eigenvalue weighted by Gasteiger charge is 2.39. The average molecular weight is 832 g/mol. The topological polar surface area (TPSA) is 181 Å². The van der Waals surface area contributed by atoms with Gasteiger partial charge in [-0.25, -0.2) is 9.59 Å². The second kappa shape index (κ2) is 22.8. The number of ether oxygens (including phenoxy) is 2. The molecule has 2 aliphatic rings. The second-order valence-corrected chi connectivity index (χ2v) is 15.6. The van der Waals surface area contributed by atoms with Crippen LogP contribution in [0.3, 0.4) is 0 Å². The van der Waals surface area contributed by atoms with Crippen LogP contribution in [-0.2, 0) is 39.0 Å². The molecule has 1 saturated heterocycles. The smallest absolute Gasteiger partial charge is 0.407 e. The van der Waals surface area contributed by atoms with Gasteiger partial charge in [0.15, 0.2) is 0 Å². The van der Waals surface area contributed by atoms with E-state index in [1.807, 2.05) is 129 Å². The third kappa shape index (κ3) is 13.2. The van der Waals surface area contributed by atoms with Crippen molar-refractivity contribution in [3.05, 3.63) is 144 Å². The lowest BCUT2D eigenvalue weighted by Gasteiger charge is -2.37. The Bertz CT molecular complexity index is 1940. The Morgan fingerprint density at radius 2 is 1.41 bits per heavy atom. The molecule has 13 heteroatoms. The van der Waals surface area contributed by atoms with E-state index in [1.54, 1.807) is 6.92 Å². The zero-order valence-corrected chi connectivity index (χ0v) is 35.0. The number of benzene rings is 3. The second-order valence-electron chi connectivity index (χ2n) is 15.6. The van der Waals surface area contributed by atoms with Crippen LogP contribution < -0.4 is 26.6 Å². The number of carbonyl (C=O) groups excluding carboxylic acids is 6. The quantitative estimate of drug-likeness (QED) is 0.0573. The summed E-state index contributed by atoms with van der Waals surface area (Å²) in [5.41, 5.74) is 1.09. The number of allylic oxidation sites excluding steroid dienone is 3. The summed E-state index contributed by atoms with van der Waals surface area (Å²) in [5, 5.41) is 14.4. The van der Waals surface area contributed by atoms with E-state index in [4.69, 9.17) is 9.47 Å². The van der Waals surface area contributed by atoms with Gasteiger partial charge in [-0.3, -0.25) is 19.2 Å². The minimum Gasteiger partial charge on any atom is -0.463 e. The van der Waals surface area contributed by atoms with Crippen LogP contribution in [0.5, 0.6) is 0 Å². The van der Waals surface area contributed by atoms with Gasteiger partial charge in [-0.2, -0.15) is 0 Å². The molecule has 0 saturated carbocycles. The monoisotopic (exact) mass is 831 g/mol. The van der Waals surface area contributed by atoms with Crippen LogP contribution in [0, 0.1) is 17.8 Å². The number of rotatable bonds is 20. The predicted molar refractivity (Wildman–Crippen MR) is 231 cm³/mol. The fourth-order valence-electron chi connectivity index (χ4n) is 7.56. The van der Waals surface area contributed by atoms with Crippen molar-refractivity contribution in [2.24, 2.45) is 17.8 Å². The van der Waals surface area contributed by atoms with Gasteiger partial charge in [0.2, 0.25) is 23.6 Å². The van der Waals surface area contributed by atoms with Crippen LogP contribution in [0.4, 0.5) is 4.79 Å². The highest BCUT2D eigenvalue weighted by atomic mass is 16.5. The van der Waals surface area contributed by atoms with Crippen LogP contribution in [-0.4, -0.2) is 73.6 Å². The Kier molecular flexibility index (Phi) is 17.0. The number of alkyl carbamates (subject to hydrolysis) is 1. The lowest BCUT2D eigenvalue weighted by molar-refractivity contribution is -0.137. The largest absolute Gasteiger partial charge is 0.463 e. The molecule has 61 heavy (non-hydrogen) atoms. The van der Waals surface area contributed by atoms with Crippen molar-refractivity contribution < 1.29 is 38.2 Å². The van der Waals surface area contributed by atoms with E-state index < -0.39 is 65.8 Å². The van der Waals surface area contributed by atoms with Crippen LogP contribution in [0.15, 0.2) is 127 Å². The fourth-order valence-corrected chi connectivity index (χ4v) is 7.56. The molecule has 1 fully saturated rings. The first-order chi connectivity index (χ1) is 29.5. The maximum absolute atomic E-state index is 14.5. The first-order valence-corrected chi connectivity index (χ1v) is 21.0. The molecule has 3 aromatic rings. The molecule has 322 valence electrons. The summed E-state index contributed by atoms with van der Waals surface area (Å²) in [5.74, 6) is -3.22. The summed E-state index contributed by atoms with van der Waals surface area (Å²) in [6.45, 7) is 6.16. The number of hydrogen-bond acceptors (Lipinski definition) is 8. The molecule has 13 nitrogen and oxygen atoms in total. The number of amides is 5. The highest BCUT2D eigenvalue weighted by Crippen LogP contribution is 2.37. The van der Waals surface area contributed by atoms with E-state index in [-0.39, 0.29) is 43.8 Å². The third-order valence-corrected chi connectivity index (χ3v) is 10.6. The van der Waals surface area contributed by atoms with Crippen LogP contribution in [0.1, 0.15) is 69.6 Å². The maximum atomic E-state index is 14.5. The first-order valence-electron chi connectivity index (χ1n) is 21.0. The molecule has 1 aliphatic heterocycles. The number of nitrogens with one attached hydrogen (secondary N) is 5. The summed E-state index contributed by atoms with van der Waals surface area (Å²) in [6.07, 6.45) is 10.6. The molecule has 5 atom stereocenters. The molecule has 3 aromatic carbocycles. The Balaban J connectivity index is 1.43. The SMILES string of the molecule is CCOC(=O)/C=C/[C@H](C[C@@H]1CCNC1=O)NC(=O)[C@H](CC(C)C)NC(=O)[C@H](CC(=O)NC(c1ccccc1)(c1ccccc1)c1ccccc1)NC(=O)OCC1C=CC=CC1. The summed E-state index contributed by atoms with van der Waals surface area (Å²) in [6, 6.07) is 25.1. The van der Waals surface area contributed by atoms with E-state index in [9.17, 15) is 28.8 Å². The van der Waals surface area contributed by atoms with Gasteiger partial charge >= 0.3 is 12.1 Å². The lowest BCUT2D eigenvalue weighted by Crippen LogP contribution is -2.57. The van der Waals surface area contributed by atoms with Crippen molar-refractivity contribution in [1.29, 1.82) is 0 Å². The molecule has 0 radical (unpaired) electrons. The molecule has 1 aliphatic carbocycles. The van der Waals surface area contributed by atoms with Gasteiger partial charge in [0.05, 0.1) is 19.6 Å². The number of esters is 1. The Labute approximate surface area is 357 Å². The zero-order chi connectivity index (χ0) is 43.6. The first kappa shape index (κ1) is 45.6. The molecule has 5 N–H and O–H groups in total.